The molecule has 1 atom stereocenters. The Bertz CT molecular complexity index is 243. The zero-order chi connectivity index (χ0) is 8.39. The zero-order valence-corrected chi connectivity index (χ0v) is 8.56. The van der Waals surface area contributed by atoms with Crippen molar-refractivity contribution in [3.05, 3.63) is 35.9 Å². The van der Waals surface area contributed by atoms with E-state index in [4.69, 9.17) is 11.2 Å². The van der Waals surface area contributed by atoms with Crippen LogP contribution in [-0.4, -0.2) is 5.66 Å². The van der Waals surface area contributed by atoms with Gasteiger partial charge in [-0.2, -0.15) is 0 Å². The SMILES string of the molecule is ClP(Cc1ccccc1)C1CC1. The van der Waals surface area contributed by atoms with E-state index in [1.54, 1.807) is 0 Å². The van der Waals surface area contributed by atoms with Crippen LogP contribution in [0.25, 0.3) is 0 Å². The molecule has 2 heteroatoms. The first kappa shape index (κ1) is 8.53. The average Bonchev–Trinajstić information content (AvgIpc) is 2.88. The van der Waals surface area contributed by atoms with Gasteiger partial charge in [0.25, 0.3) is 0 Å². The molecular weight excluding hydrogens is 187 g/mol. The normalized spacial score (nSPS) is 19.1. The van der Waals surface area contributed by atoms with Crippen LogP contribution < -0.4 is 0 Å². The maximum absolute atomic E-state index is 6.28. The monoisotopic (exact) mass is 198 g/mol. The molecule has 12 heavy (non-hydrogen) atoms. The highest BCUT2D eigenvalue weighted by Crippen LogP contribution is 2.59. The van der Waals surface area contributed by atoms with Crippen molar-refractivity contribution in [3.8, 4) is 0 Å². The molecule has 1 aliphatic rings. The number of hydrogen-bond acceptors (Lipinski definition) is 0. The Morgan fingerprint density at radius 2 is 1.92 bits per heavy atom. The van der Waals surface area contributed by atoms with Crippen LogP contribution in [0.3, 0.4) is 0 Å². The van der Waals surface area contributed by atoms with E-state index < -0.39 is 0 Å². The molecule has 1 fully saturated rings. The van der Waals surface area contributed by atoms with Gasteiger partial charge in [0.15, 0.2) is 0 Å². The van der Waals surface area contributed by atoms with E-state index in [0.717, 1.165) is 11.8 Å². The predicted molar refractivity (Wildman–Crippen MR) is 55.9 cm³/mol. The summed E-state index contributed by atoms with van der Waals surface area (Å²) in [4.78, 5) is 0. The van der Waals surface area contributed by atoms with Gasteiger partial charge in [-0.05, 0) is 31.3 Å². The van der Waals surface area contributed by atoms with Gasteiger partial charge in [-0.25, -0.2) is 0 Å². The lowest BCUT2D eigenvalue weighted by molar-refractivity contribution is 1.36. The second-order valence-electron chi connectivity index (χ2n) is 3.27. The smallest absolute Gasteiger partial charge is 0.00684 e. The summed E-state index contributed by atoms with van der Waals surface area (Å²) in [6.45, 7) is 0. The van der Waals surface area contributed by atoms with Gasteiger partial charge >= 0.3 is 0 Å². The van der Waals surface area contributed by atoms with Crippen LogP contribution in [0.1, 0.15) is 18.4 Å². The minimum Gasteiger partial charge on any atom is -0.0958 e. The van der Waals surface area contributed by atoms with Crippen molar-refractivity contribution in [1.82, 2.24) is 0 Å². The Morgan fingerprint density at radius 1 is 1.25 bits per heavy atom. The standard InChI is InChI=1S/C10H12ClP/c11-12(10-6-7-10)8-9-4-2-1-3-5-9/h1-5,10H,6-8H2. The van der Waals surface area contributed by atoms with Gasteiger partial charge in [0, 0.05) is 6.16 Å². The van der Waals surface area contributed by atoms with Crippen LogP contribution in [0.5, 0.6) is 0 Å². The number of rotatable bonds is 3. The lowest BCUT2D eigenvalue weighted by atomic mass is 10.2. The Balaban J connectivity index is 1.94. The highest BCUT2D eigenvalue weighted by atomic mass is 35.7. The van der Waals surface area contributed by atoms with E-state index in [2.05, 4.69) is 30.3 Å². The fourth-order valence-corrected chi connectivity index (χ4v) is 3.77. The van der Waals surface area contributed by atoms with E-state index in [1.807, 2.05) is 0 Å². The average molecular weight is 199 g/mol. The van der Waals surface area contributed by atoms with E-state index in [0.29, 0.717) is 0 Å². The molecule has 0 N–H and O–H groups in total. The third kappa shape index (κ3) is 2.21. The van der Waals surface area contributed by atoms with E-state index in [9.17, 15) is 0 Å². The van der Waals surface area contributed by atoms with Crippen LogP contribution in [0.15, 0.2) is 30.3 Å². The lowest BCUT2D eigenvalue weighted by Gasteiger charge is -2.06. The highest BCUT2D eigenvalue weighted by molar-refractivity contribution is 7.84. The van der Waals surface area contributed by atoms with Gasteiger partial charge in [0.05, 0.1) is 0 Å². The largest absolute Gasteiger partial charge is 0.0958 e. The molecule has 1 aromatic rings. The Labute approximate surface area is 79.5 Å². The second-order valence-corrected chi connectivity index (χ2v) is 6.42. The van der Waals surface area contributed by atoms with E-state index >= 15 is 0 Å². The molecule has 1 aromatic carbocycles. The van der Waals surface area contributed by atoms with Crippen LogP contribution in [0.2, 0.25) is 0 Å². The third-order valence-corrected chi connectivity index (χ3v) is 5.28. The molecule has 0 spiro atoms. The summed E-state index contributed by atoms with van der Waals surface area (Å²) in [6.07, 6.45) is 3.83. The first-order valence-electron chi connectivity index (χ1n) is 4.32. The molecule has 0 heterocycles. The van der Waals surface area contributed by atoms with Gasteiger partial charge < -0.3 is 0 Å². The van der Waals surface area contributed by atoms with Crippen molar-refractivity contribution in [1.29, 1.82) is 0 Å². The van der Waals surface area contributed by atoms with Gasteiger partial charge in [-0.1, -0.05) is 41.6 Å². The molecule has 0 saturated heterocycles. The minimum absolute atomic E-state index is 0.233. The van der Waals surface area contributed by atoms with Gasteiger partial charge in [-0.15, -0.1) is 0 Å². The molecule has 0 amide bonds. The second kappa shape index (κ2) is 3.77. The molecule has 0 radical (unpaired) electrons. The Morgan fingerprint density at radius 3 is 2.50 bits per heavy atom. The van der Waals surface area contributed by atoms with Crippen LogP contribution >= 0.6 is 18.5 Å². The fourth-order valence-electron chi connectivity index (χ4n) is 1.24. The molecule has 1 saturated carbocycles. The van der Waals surface area contributed by atoms with Crippen LogP contribution in [0.4, 0.5) is 0 Å². The summed E-state index contributed by atoms with van der Waals surface area (Å²) >= 11 is 6.28. The van der Waals surface area contributed by atoms with Crippen LogP contribution in [-0.2, 0) is 6.16 Å². The van der Waals surface area contributed by atoms with Crippen molar-refractivity contribution in [2.45, 2.75) is 24.7 Å². The number of halogens is 1. The number of hydrogen-bond donors (Lipinski definition) is 0. The quantitative estimate of drug-likeness (QED) is 0.645. The van der Waals surface area contributed by atoms with Crippen LogP contribution in [0, 0.1) is 0 Å². The summed E-state index contributed by atoms with van der Waals surface area (Å²) in [7, 11) is -0.233. The van der Waals surface area contributed by atoms with Crippen molar-refractivity contribution < 1.29 is 0 Å². The summed E-state index contributed by atoms with van der Waals surface area (Å²) in [5.74, 6) is 0. The molecule has 0 bridgehead atoms. The van der Waals surface area contributed by atoms with E-state index in [1.165, 1.54) is 18.4 Å². The summed E-state index contributed by atoms with van der Waals surface area (Å²) < 4.78 is 0. The van der Waals surface area contributed by atoms with Gasteiger partial charge in [0.1, 0.15) is 0 Å². The van der Waals surface area contributed by atoms with E-state index in [-0.39, 0.29) is 7.27 Å². The minimum atomic E-state index is -0.233. The molecule has 1 unspecified atom stereocenters. The molecule has 0 aliphatic heterocycles. The lowest BCUT2D eigenvalue weighted by Crippen LogP contribution is -1.82. The maximum Gasteiger partial charge on any atom is 0.00684 e. The maximum atomic E-state index is 6.28. The highest BCUT2D eigenvalue weighted by Gasteiger charge is 2.29. The van der Waals surface area contributed by atoms with Gasteiger partial charge in [-0.3, -0.25) is 0 Å². The van der Waals surface area contributed by atoms with Crippen molar-refractivity contribution in [3.63, 3.8) is 0 Å². The Kier molecular flexibility index (Phi) is 2.68. The van der Waals surface area contributed by atoms with Crippen molar-refractivity contribution >= 4 is 18.5 Å². The molecule has 1 aliphatic carbocycles. The molecular formula is C10H12ClP. The first-order valence-corrected chi connectivity index (χ1v) is 6.83. The topological polar surface area (TPSA) is 0 Å². The third-order valence-electron chi connectivity index (χ3n) is 2.12. The first-order chi connectivity index (χ1) is 5.86. The fraction of sp³-hybridized carbons (Fsp3) is 0.400. The summed E-state index contributed by atoms with van der Waals surface area (Å²) in [5.41, 5.74) is 2.26. The molecule has 0 aromatic heterocycles. The van der Waals surface area contributed by atoms with Gasteiger partial charge in [0.2, 0.25) is 0 Å². The summed E-state index contributed by atoms with van der Waals surface area (Å²) in [5, 5.41) is 0. The number of benzene rings is 1. The molecule has 2 rings (SSSR count). The Hall–Kier alpha value is -0.0600. The molecule has 0 nitrogen and oxygen atoms in total. The van der Waals surface area contributed by atoms with Crippen molar-refractivity contribution in [2.75, 3.05) is 0 Å². The molecule has 64 valence electrons. The predicted octanol–water partition coefficient (Wildman–Crippen LogP) is 3.98. The summed E-state index contributed by atoms with van der Waals surface area (Å²) in [6, 6.07) is 10.6. The zero-order valence-electron chi connectivity index (χ0n) is 6.91. The van der Waals surface area contributed by atoms with Crippen molar-refractivity contribution in [2.24, 2.45) is 0 Å².